The number of ether oxygens (including phenoxy) is 3. The van der Waals surface area contributed by atoms with Crippen molar-refractivity contribution in [3.63, 3.8) is 0 Å². The quantitative estimate of drug-likeness (QED) is 0.296. The van der Waals surface area contributed by atoms with Gasteiger partial charge in [-0.05, 0) is 63.4 Å². The van der Waals surface area contributed by atoms with Gasteiger partial charge in [0, 0.05) is 22.6 Å². The molecule has 0 amide bonds. The van der Waals surface area contributed by atoms with E-state index in [1.807, 2.05) is 65.0 Å². The molecule has 0 aliphatic carbocycles. The Kier molecular flexibility index (Phi) is 8.63. The number of carboxylic acids is 2. The van der Waals surface area contributed by atoms with E-state index in [1.165, 1.54) is 0 Å². The summed E-state index contributed by atoms with van der Waals surface area (Å²) in [6.45, 7) is 9.43. The van der Waals surface area contributed by atoms with Crippen molar-refractivity contribution in [1.29, 1.82) is 0 Å². The van der Waals surface area contributed by atoms with Crippen LogP contribution in [0.3, 0.4) is 0 Å². The number of pyridine rings is 1. The standard InChI is InChI=1S/C29H35NO7/c1-7-29(8-2,25(27(31)32)28(33)34)24-18(5)10-9-11-23(24)36-16-19-15-30-22-13-12-20(35-6)14-21(22)26(19)37-17(3)4/h9-15,17,25H,7-8,16H2,1-6H3,(H,31,32)(H,33,34). The van der Waals surface area contributed by atoms with Crippen LogP contribution in [0, 0.1) is 12.8 Å². The Morgan fingerprint density at radius 2 is 1.73 bits per heavy atom. The summed E-state index contributed by atoms with van der Waals surface area (Å²) in [4.78, 5) is 28.9. The normalized spacial score (nSPS) is 11.7. The molecule has 0 fully saturated rings. The summed E-state index contributed by atoms with van der Waals surface area (Å²) in [5.74, 6) is -2.63. The minimum absolute atomic E-state index is 0.0903. The first-order valence-electron chi connectivity index (χ1n) is 12.4. The number of benzene rings is 2. The number of aryl methyl sites for hydroxylation is 1. The summed E-state index contributed by atoms with van der Waals surface area (Å²) in [5, 5.41) is 20.6. The van der Waals surface area contributed by atoms with Crippen molar-refractivity contribution in [2.75, 3.05) is 7.11 Å². The third-order valence-corrected chi connectivity index (χ3v) is 6.88. The Morgan fingerprint density at radius 1 is 1.05 bits per heavy atom. The van der Waals surface area contributed by atoms with Crippen LogP contribution in [0.25, 0.3) is 10.9 Å². The Balaban J connectivity index is 2.12. The lowest BCUT2D eigenvalue weighted by Crippen LogP contribution is -2.44. The van der Waals surface area contributed by atoms with Gasteiger partial charge in [0.15, 0.2) is 5.92 Å². The van der Waals surface area contributed by atoms with E-state index in [4.69, 9.17) is 14.2 Å². The number of nitrogens with zero attached hydrogens (tertiary/aromatic N) is 1. The second-order valence-corrected chi connectivity index (χ2v) is 9.37. The lowest BCUT2D eigenvalue weighted by Gasteiger charge is -2.38. The number of aromatic nitrogens is 1. The van der Waals surface area contributed by atoms with Crippen LogP contribution in [0.2, 0.25) is 0 Å². The van der Waals surface area contributed by atoms with Crippen LogP contribution in [0.15, 0.2) is 42.6 Å². The smallest absolute Gasteiger partial charge is 0.318 e. The van der Waals surface area contributed by atoms with E-state index in [9.17, 15) is 19.8 Å². The number of carboxylic acid groups (broad SMARTS) is 2. The fourth-order valence-corrected chi connectivity index (χ4v) is 5.08. The van der Waals surface area contributed by atoms with Gasteiger partial charge in [0.25, 0.3) is 0 Å². The van der Waals surface area contributed by atoms with Gasteiger partial charge in [-0.2, -0.15) is 0 Å². The average Bonchev–Trinajstić information content (AvgIpc) is 2.86. The van der Waals surface area contributed by atoms with Crippen LogP contribution in [-0.4, -0.2) is 40.3 Å². The number of methoxy groups -OCH3 is 1. The Hall–Kier alpha value is -3.81. The van der Waals surface area contributed by atoms with Gasteiger partial charge in [0.1, 0.15) is 23.9 Å². The highest BCUT2D eigenvalue weighted by Crippen LogP contribution is 2.46. The molecule has 0 spiro atoms. The van der Waals surface area contributed by atoms with Crippen LogP contribution in [0.4, 0.5) is 0 Å². The average molecular weight is 510 g/mol. The first-order valence-corrected chi connectivity index (χ1v) is 12.4. The molecule has 2 aromatic carbocycles. The molecule has 8 heteroatoms. The van der Waals surface area contributed by atoms with Crippen molar-refractivity contribution in [2.24, 2.45) is 5.92 Å². The molecule has 0 atom stereocenters. The lowest BCUT2D eigenvalue weighted by molar-refractivity contribution is -0.158. The molecule has 1 aromatic heterocycles. The van der Waals surface area contributed by atoms with Crippen LogP contribution < -0.4 is 14.2 Å². The number of hydrogen-bond acceptors (Lipinski definition) is 6. The van der Waals surface area contributed by atoms with E-state index in [0.29, 0.717) is 41.2 Å². The summed E-state index contributed by atoms with van der Waals surface area (Å²) >= 11 is 0. The molecular weight excluding hydrogens is 474 g/mol. The molecule has 8 nitrogen and oxygen atoms in total. The van der Waals surface area contributed by atoms with Crippen LogP contribution in [0.1, 0.15) is 57.2 Å². The maximum Gasteiger partial charge on any atom is 0.318 e. The number of rotatable bonds is 12. The largest absolute Gasteiger partial charge is 0.497 e. The van der Waals surface area contributed by atoms with Crippen molar-refractivity contribution >= 4 is 22.8 Å². The number of aliphatic carboxylic acids is 2. The lowest BCUT2D eigenvalue weighted by atomic mass is 9.65. The molecule has 0 bridgehead atoms. The summed E-state index contributed by atoms with van der Waals surface area (Å²) < 4.78 is 17.9. The number of carbonyl (C=O) groups is 2. The van der Waals surface area contributed by atoms with Gasteiger partial charge in [-0.1, -0.05) is 26.0 Å². The molecule has 0 aliphatic heterocycles. The molecule has 0 saturated heterocycles. The van der Waals surface area contributed by atoms with E-state index in [2.05, 4.69) is 4.98 Å². The van der Waals surface area contributed by atoms with Gasteiger partial charge in [0.2, 0.25) is 0 Å². The van der Waals surface area contributed by atoms with Crippen molar-refractivity contribution in [2.45, 2.75) is 65.6 Å². The Labute approximate surface area is 217 Å². The van der Waals surface area contributed by atoms with E-state index < -0.39 is 23.3 Å². The maximum atomic E-state index is 12.1. The molecule has 0 aliphatic rings. The molecule has 37 heavy (non-hydrogen) atoms. The summed E-state index contributed by atoms with van der Waals surface area (Å²) in [7, 11) is 1.60. The fourth-order valence-electron chi connectivity index (χ4n) is 5.08. The minimum atomic E-state index is -1.62. The summed E-state index contributed by atoms with van der Waals surface area (Å²) in [6, 6.07) is 11.0. The molecule has 3 aromatic rings. The minimum Gasteiger partial charge on any atom is -0.497 e. The zero-order valence-electron chi connectivity index (χ0n) is 22.2. The van der Waals surface area contributed by atoms with Gasteiger partial charge in [-0.15, -0.1) is 0 Å². The predicted octanol–water partition coefficient (Wildman–Crippen LogP) is 5.76. The fraction of sp³-hybridized carbons (Fsp3) is 0.414. The first-order chi connectivity index (χ1) is 17.6. The topological polar surface area (TPSA) is 115 Å². The van der Waals surface area contributed by atoms with Crippen LogP contribution in [0.5, 0.6) is 17.2 Å². The van der Waals surface area contributed by atoms with Gasteiger partial charge in [-0.3, -0.25) is 14.6 Å². The van der Waals surface area contributed by atoms with Crippen molar-refractivity contribution in [1.82, 2.24) is 4.98 Å². The zero-order chi connectivity index (χ0) is 27.3. The highest BCUT2D eigenvalue weighted by molar-refractivity contribution is 5.95. The predicted molar refractivity (Wildman–Crippen MR) is 141 cm³/mol. The SMILES string of the molecule is CCC(CC)(c1c(C)cccc1OCc1cnc2ccc(OC)cc2c1OC(C)C)C(C(=O)O)C(=O)O. The summed E-state index contributed by atoms with van der Waals surface area (Å²) in [6.07, 6.45) is 2.22. The third-order valence-electron chi connectivity index (χ3n) is 6.88. The molecule has 0 saturated carbocycles. The van der Waals surface area contributed by atoms with Gasteiger partial charge in [0.05, 0.1) is 24.3 Å². The van der Waals surface area contributed by atoms with E-state index in [-0.39, 0.29) is 12.7 Å². The van der Waals surface area contributed by atoms with Crippen LogP contribution in [-0.2, 0) is 21.6 Å². The van der Waals surface area contributed by atoms with Gasteiger partial charge >= 0.3 is 11.9 Å². The highest BCUT2D eigenvalue weighted by Gasteiger charge is 2.49. The van der Waals surface area contributed by atoms with E-state index in [1.54, 1.807) is 19.4 Å². The van der Waals surface area contributed by atoms with Crippen LogP contribution >= 0.6 is 0 Å². The summed E-state index contributed by atoms with van der Waals surface area (Å²) in [5.41, 5.74) is 1.65. The molecule has 3 rings (SSSR count). The molecule has 1 heterocycles. The number of hydrogen-bond donors (Lipinski definition) is 2. The monoisotopic (exact) mass is 509 g/mol. The van der Waals surface area contributed by atoms with Crippen molar-refractivity contribution in [3.8, 4) is 17.2 Å². The molecule has 0 unspecified atom stereocenters. The second kappa shape index (κ2) is 11.5. The molecule has 2 N–H and O–H groups in total. The molecular formula is C29H35NO7. The second-order valence-electron chi connectivity index (χ2n) is 9.37. The molecule has 0 radical (unpaired) electrons. The maximum absolute atomic E-state index is 12.1. The third kappa shape index (κ3) is 5.48. The first kappa shape index (κ1) is 27.8. The number of fused-ring (bicyclic) bond motifs is 1. The highest BCUT2D eigenvalue weighted by atomic mass is 16.5. The Bertz CT molecular complexity index is 1270. The Morgan fingerprint density at radius 3 is 2.30 bits per heavy atom. The van der Waals surface area contributed by atoms with E-state index in [0.717, 1.165) is 16.5 Å². The van der Waals surface area contributed by atoms with Crippen molar-refractivity contribution < 1.29 is 34.0 Å². The zero-order valence-corrected chi connectivity index (χ0v) is 22.2. The van der Waals surface area contributed by atoms with Gasteiger partial charge in [-0.25, -0.2) is 0 Å². The molecule has 198 valence electrons. The van der Waals surface area contributed by atoms with Crippen molar-refractivity contribution in [3.05, 3.63) is 59.3 Å². The van der Waals surface area contributed by atoms with E-state index >= 15 is 0 Å². The van der Waals surface area contributed by atoms with Gasteiger partial charge < -0.3 is 24.4 Å².